The van der Waals surface area contributed by atoms with Crippen LogP contribution in [0.3, 0.4) is 0 Å². The summed E-state index contributed by atoms with van der Waals surface area (Å²) in [6.07, 6.45) is 0. The number of hydrogen-bond donors (Lipinski definition) is 0. The molecule has 2 aliphatic carbocycles. The number of nitrogens with zero attached hydrogens (tertiary/aromatic N) is 2. The van der Waals surface area contributed by atoms with Gasteiger partial charge in [0.05, 0.1) is 27.5 Å². The molecular weight excluding hydrogens is 777 g/mol. The van der Waals surface area contributed by atoms with Crippen LogP contribution in [-0.2, 0) is 5.41 Å². The molecular formula is C61H36N2O. The van der Waals surface area contributed by atoms with E-state index in [2.05, 4.69) is 228 Å². The second-order valence-electron chi connectivity index (χ2n) is 17.5. The van der Waals surface area contributed by atoms with Gasteiger partial charge in [-0.05, 0) is 111 Å². The van der Waals surface area contributed by atoms with Crippen LogP contribution in [0, 0.1) is 0 Å². The van der Waals surface area contributed by atoms with Gasteiger partial charge in [0.2, 0.25) is 0 Å². The van der Waals surface area contributed by atoms with Gasteiger partial charge in [0, 0.05) is 49.3 Å². The molecule has 0 atom stereocenters. The van der Waals surface area contributed by atoms with E-state index in [4.69, 9.17) is 4.42 Å². The highest BCUT2D eigenvalue weighted by Crippen LogP contribution is 2.64. The van der Waals surface area contributed by atoms with Gasteiger partial charge in [-0.15, -0.1) is 0 Å². The molecule has 0 saturated carbocycles. The summed E-state index contributed by atoms with van der Waals surface area (Å²) in [4.78, 5) is 0. The summed E-state index contributed by atoms with van der Waals surface area (Å²) < 4.78 is 11.6. The molecule has 3 aromatic heterocycles. The number of rotatable bonds is 3. The van der Waals surface area contributed by atoms with Crippen molar-refractivity contribution >= 4 is 65.6 Å². The van der Waals surface area contributed by atoms with Crippen molar-refractivity contribution in [2.24, 2.45) is 0 Å². The van der Waals surface area contributed by atoms with Gasteiger partial charge in [-0.25, -0.2) is 0 Å². The molecule has 15 rings (SSSR count). The maximum Gasteiger partial charge on any atom is 0.136 e. The van der Waals surface area contributed by atoms with Crippen molar-refractivity contribution in [3.05, 3.63) is 241 Å². The highest BCUT2D eigenvalue weighted by atomic mass is 16.3. The van der Waals surface area contributed by atoms with Crippen molar-refractivity contribution in [3.63, 3.8) is 0 Å². The van der Waals surface area contributed by atoms with Crippen LogP contribution >= 0.6 is 0 Å². The summed E-state index contributed by atoms with van der Waals surface area (Å²) in [6, 6.07) is 80.6. The zero-order valence-electron chi connectivity index (χ0n) is 34.6. The van der Waals surface area contributed by atoms with Gasteiger partial charge in [-0.1, -0.05) is 158 Å². The highest BCUT2D eigenvalue weighted by molar-refractivity contribution is 6.18. The quantitative estimate of drug-likeness (QED) is 0.174. The van der Waals surface area contributed by atoms with E-state index >= 15 is 0 Å². The van der Waals surface area contributed by atoms with Crippen molar-refractivity contribution in [2.45, 2.75) is 5.41 Å². The Bertz CT molecular complexity index is 4100. The molecule has 296 valence electrons. The number of hydrogen-bond acceptors (Lipinski definition) is 1. The molecule has 3 heterocycles. The Morgan fingerprint density at radius 2 is 0.938 bits per heavy atom. The third-order valence-electron chi connectivity index (χ3n) is 14.5. The fourth-order valence-electron chi connectivity index (χ4n) is 12.1. The Morgan fingerprint density at radius 1 is 0.328 bits per heavy atom. The molecule has 2 aliphatic rings. The van der Waals surface area contributed by atoms with E-state index in [1.165, 1.54) is 88.1 Å². The molecule has 3 heteroatoms. The van der Waals surface area contributed by atoms with Crippen molar-refractivity contribution in [1.29, 1.82) is 0 Å². The summed E-state index contributed by atoms with van der Waals surface area (Å²) in [5.41, 5.74) is 21.3. The Labute approximate surface area is 368 Å². The molecule has 3 nitrogen and oxygen atoms in total. The summed E-state index contributed by atoms with van der Waals surface area (Å²) >= 11 is 0. The second-order valence-corrected chi connectivity index (χ2v) is 17.5. The first-order valence-corrected chi connectivity index (χ1v) is 22.2. The summed E-state index contributed by atoms with van der Waals surface area (Å²) in [5.74, 6) is 0. The topological polar surface area (TPSA) is 23.0 Å². The Morgan fingerprint density at radius 3 is 1.70 bits per heavy atom. The first kappa shape index (κ1) is 34.2. The molecule has 13 aromatic rings. The van der Waals surface area contributed by atoms with Crippen LogP contribution in [0.1, 0.15) is 22.3 Å². The number of para-hydroxylation sites is 3. The van der Waals surface area contributed by atoms with E-state index in [0.717, 1.165) is 44.4 Å². The number of benzene rings is 10. The average molecular weight is 813 g/mol. The zero-order chi connectivity index (χ0) is 41.7. The fraction of sp³-hybridized carbons (Fsp3) is 0.0164. The standard InChI is InChI=1S/C61H36N2O/c1-2-15-38(16-3-1)62-53-26-12-8-20-44(53)47-35-37(29-33-55(47)62)40-22-14-28-57-58(40)48-36-39(30-34-56(48)64-57)63-54-27-13-7-19-43(54)45-31-32-52-59(60(45)63)46-21-6-11-25-51(46)61(52)49-23-9-4-17-41(49)42-18-5-10-24-50(42)61/h1-36H. The molecule has 10 aromatic carbocycles. The minimum absolute atomic E-state index is 0.428. The van der Waals surface area contributed by atoms with Gasteiger partial charge in [0.25, 0.3) is 0 Å². The van der Waals surface area contributed by atoms with Crippen molar-refractivity contribution < 1.29 is 4.42 Å². The molecule has 64 heavy (non-hydrogen) atoms. The molecule has 0 N–H and O–H groups in total. The van der Waals surface area contributed by atoms with Crippen LogP contribution in [0.25, 0.3) is 110 Å². The molecule has 0 radical (unpaired) electrons. The van der Waals surface area contributed by atoms with Gasteiger partial charge in [0.1, 0.15) is 11.2 Å². The Balaban J connectivity index is 0.996. The monoisotopic (exact) mass is 812 g/mol. The number of fused-ring (bicyclic) bond motifs is 20. The molecule has 0 amide bonds. The largest absolute Gasteiger partial charge is 0.456 e. The van der Waals surface area contributed by atoms with Gasteiger partial charge in [-0.3, -0.25) is 0 Å². The predicted molar refractivity (Wildman–Crippen MR) is 264 cm³/mol. The fourth-order valence-corrected chi connectivity index (χ4v) is 12.1. The molecule has 0 bridgehead atoms. The van der Waals surface area contributed by atoms with Crippen molar-refractivity contribution in [3.8, 4) is 44.8 Å². The summed E-state index contributed by atoms with van der Waals surface area (Å²) in [5, 5.41) is 7.19. The average Bonchev–Trinajstić information content (AvgIpc) is 4.14. The van der Waals surface area contributed by atoms with Crippen LogP contribution in [0.4, 0.5) is 0 Å². The van der Waals surface area contributed by atoms with E-state index in [0.29, 0.717) is 0 Å². The predicted octanol–water partition coefficient (Wildman–Crippen LogP) is 15.8. The number of aromatic nitrogens is 2. The lowest BCUT2D eigenvalue weighted by Crippen LogP contribution is -2.25. The molecule has 1 spiro atoms. The van der Waals surface area contributed by atoms with E-state index in [-0.39, 0.29) is 0 Å². The van der Waals surface area contributed by atoms with Crippen LogP contribution in [-0.4, -0.2) is 9.13 Å². The first-order valence-electron chi connectivity index (χ1n) is 22.2. The maximum absolute atomic E-state index is 6.72. The van der Waals surface area contributed by atoms with Crippen LogP contribution in [0.2, 0.25) is 0 Å². The lowest BCUT2D eigenvalue weighted by Gasteiger charge is -2.30. The lowest BCUT2D eigenvalue weighted by atomic mass is 9.70. The van der Waals surface area contributed by atoms with Gasteiger partial charge in [0.15, 0.2) is 0 Å². The van der Waals surface area contributed by atoms with Crippen molar-refractivity contribution in [1.82, 2.24) is 9.13 Å². The maximum atomic E-state index is 6.72. The third-order valence-corrected chi connectivity index (χ3v) is 14.5. The van der Waals surface area contributed by atoms with E-state index in [1.807, 2.05) is 0 Å². The van der Waals surface area contributed by atoms with Crippen LogP contribution < -0.4 is 0 Å². The van der Waals surface area contributed by atoms with Gasteiger partial charge >= 0.3 is 0 Å². The zero-order valence-corrected chi connectivity index (χ0v) is 34.6. The summed E-state index contributed by atoms with van der Waals surface area (Å²) in [6.45, 7) is 0. The van der Waals surface area contributed by atoms with Crippen LogP contribution in [0.15, 0.2) is 223 Å². The molecule has 0 saturated heterocycles. The Hall–Kier alpha value is -8.40. The highest BCUT2D eigenvalue weighted by Gasteiger charge is 2.52. The molecule has 0 aliphatic heterocycles. The van der Waals surface area contributed by atoms with Crippen molar-refractivity contribution in [2.75, 3.05) is 0 Å². The second kappa shape index (κ2) is 12.4. The van der Waals surface area contributed by atoms with E-state index in [9.17, 15) is 0 Å². The van der Waals surface area contributed by atoms with Gasteiger partial charge in [-0.2, -0.15) is 0 Å². The van der Waals surface area contributed by atoms with E-state index < -0.39 is 5.41 Å². The number of furan rings is 1. The van der Waals surface area contributed by atoms with Gasteiger partial charge < -0.3 is 13.6 Å². The Kier molecular flexibility index (Phi) is 6.61. The smallest absolute Gasteiger partial charge is 0.136 e. The lowest BCUT2D eigenvalue weighted by molar-refractivity contribution is 0.669. The molecule has 0 unspecified atom stereocenters. The minimum Gasteiger partial charge on any atom is -0.456 e. The van der Waals surface area contributed by atoms with Crippen LogP contribution in [0.5, 0.6) is 0 Å². The normalized spacial score (nSPS) is 13.4. The first-order chi connectivity index (χ1) is 31.8. The summed E-state index contributed by atoms with van der Waals surface area (Å²) in [7, 11) is 0. The molecule has 0 fully saturated rings. The minimum atomic E-state index is -0.428. The SMILES string of the molecule is c1ccc(-n2c3ccccc3c3cc(-c4cccc5oc6ccc(-n7c8ccccc8c8ccc9c(c87)-c7ccccc7C97c8ccccc8-c8ccccc87)cc6c45)ccc32)cc1. The third kappa shape index (κ3) is 4.21. The van der Waals surface area contributed by atoms with E-state index in [1.54, 1.807) is 0 Å².